The average Bonchev–Trinajstić information content (AvgIpc) is 2.80. The van der Waals surface area contributed by atoms with Crippen molar-refractivity contribution < 1.29 is 9.90 Å². The van der Waals surface area contributed by atoms with Crippen molar-refractivity contribution in [2.24, 2.45) is 7.05 Å². The highest BCUT2D eigenvalue weighted by atomic mass is 16.4. The number of hydrogen-bond donors (Lipinski definition) is 1. The van der Waals surface area contributed by atoms with E-state index in [1.807, 2.05) is 17.9 Å². The van der Waals surface area contributed by atoms with Crippen LogP contribution in [-0.4, -0.2) is 63.0 Å². The third-order valence-corrected chi connectivity index (χ3v) is 5.29. The van der Waals surface area contributed by atoms with Gasteiger partial charge in [-0.25, -0.2) is 4.79 Å². The van der Waals surface area contributed by atoms with E-state index < -0.39 is 6.09 Å². The van der Waals surface area contributed by atoms with E-state index in [1.165, 1.54) is 18.5 Å². The molecule has 0 aromatic carbocycles. The maximum Gasteiger partial charge on any atom is 0.407 e. The molecule has 1 atom stereocenters. The number of carbonyl (C=O) groups is 1. The Kier molecular flexibility index (Phi) is 4.66. The maximum absolute atomic E-state index is 11.1. The van der Waals surface area contributed by atoms with Gasteiger partial charge in [0.15, 0.2) is 0 Å². The molecule has 0 aliphatic carbocycles. The van der Waals surface area contributed by atoms with Gasteiger partial charge in [-0.15, -0.1) is 0 Å². The highest BCUT2D eigenvalue weighted by Crippen LogP contribution is 2.30. The molecule has 0 bridgehead atoms. The quantitative estimate of drug-likeness (QED) is 0.909. The van der Waals surface area contributed by atoms with Crippen molar-refractivity contribution >= 4 is 6.09 Å². The standard InChI is InChI=1S/C16H26N4O2/c1-18-15(4-8-17-18)13-5-10-19(11-6-13)14-3-2-9-20(12-7-14)16(21)22/h4,8,13-14H,2-3,5-7,9-12H2,1H3,(H,21,22). The molecule has 3 heterocycles. The molecule has 22 heavy (non-hydrogen) atoms. The number of rotatable bonds is 2. The molecule has 2 saturated heterocycles. The predicted molar refractivity (Wildman–Crippen MR) is 84.0 cm³/mol. The Morgan fingerprint density at radius 2 is 1.95 bits per heavy atom. The van der Waals surface area contributed by atoms with Crippen molar-refractivity contribution in [3.8, 4) is 0 Å². The first-order valence-electron chi connectivity index (χ1n) is 8.35. The lowest BCUT2D eigenvalue weighted by atomic mass is 9.91. The van der Waals surface area contributed by atoms with E-state index in [-0.39, 0.29) is 0 Å². The van der Waals surface area contributed by atoms with Gasteiger partial charge < -0.3 is 14.9 Å². The Morgan fingerprint density at radius 3 is 2.59 bits per heavy atom. The molecule has 0 saturated carbocycles. The Balaban J connectivity index is 1.53. The van der Waals surface area contributed by atoms with Gasteiger partial charge >= 0.3 is 6.09 Å². The lowest BCUT2D eigenvalue weighted by Crippen LogP contribution is -2.42. The summed E-state index contributed by atoms with van der Waals surface area (Å²) in [5.74, 6) is 0.616. The molecule has 122 valence electrons. The van der Waals surface area contributed by atoms with Crippen LogP contribution in [0.3, 0.4) is 0 Å². The van der Waals surface area contributed by atoms with E-state index in [9.17, 15) is 4.79 Å². The molecule has 1 aromatic rings. The summed E-state index contributed by atoms with van der Waals surface area (Å²) in [7, 11) is 2.02. The molecule has 0 radical (unpaired) electrons. The van der Waals surface area contributed by atoms with Gasteiger partial charge in [-0.3, -0.25) is 4.68 Å². The van der Waals surface area contributed by atoms with Gasteiger partial charge in [0.25, 0.3) is 0 Å². The van der Waals surface area contributed by atoms with Crippen LogP contribution in [0.1, 0.15) is 43.7 Å². The van der Waals surface area contributed by atoms with Crippen molar-refractivity contribution in [1.82, 2.24) is 19.6 Å². The minimum absolute atomic E-state index is 0.553. The van der Waals surface area contributed by atoms with Crippen LogP contribution in [0, 0.1) is 0 Å². The number of aromatic nitrogens is 2. The molecule has 2 aliphatic heterocycles. The molecule has 6 nitrogen and oxygen atoms in total. The molecule has 3 rings (SSSR count). The Labute approximate surface area is 131 Å². The van der Waals surface area contributed by atoms with E-state index in [0.29, 0.717) is 25.0 Å². The number of likely N-dealkylation sites (tertiary alicyclic amines) is 2. The van der Waals surface area contributed by atoms with Crippen molar-refractivity contribution in [3.05, 3.63) is 18.0 Å². The highest BCUT2D eigenvalue weighted by molar-refractivity contribution is 5.64. The van der Waals surface area contributed by atoms with Crippen LogP contribution in [0.5, 0.6) is 0 Å². The third-order valence-electron chi connectivity index (χ3n) is 5.29. The normalized spacial score (nSPS) is 25.1. The molecule has 1 N–H and O–H groups in total. The number of nitrogens with zero attached hydrogens (tertiary/aromatic N) is 4. The second-order valence-corrected chi connectivity index (χ2v) is 6.54. The molecular formula is C16H26N4O2. The van der Waals surface area contributed by atoms with Crippen LogP contribution in [0.2, 0.25) is 0 Å². The highest BCUT2D eigenvalue weighted by Gasteiger charge is 2.29. The molecular weight excluding hydrogens is 280 g/mol. The van der Waals surface area contributed by atoms with Crippen molar-refractivity contribution in [2.45, 2.75) is 44.1 Å². The monoisotopic (exact) mass is 306 g/mol. The van der Waals surface area contributed by atoms with Crippen LogP contribution in [-0.2, 0) is 7.05 Å². The first-order valence-corrected chi connectivity index (χ1v) is 8.35. The SMILES string of the molecule is Cn1nccc1C1CCN(C2CCCN(C(=O)O)CC2)CC1. The summed E-state index contributed by atoms with van der Waals surface area (Å²) in [6, 6.07) is 2.69. The van der Waals surface area contributed by atoms with Gasteiger partial charge in [-0.05, 0) is 51.3 Å². The number of piperidine rings is 1. The van der Waals surface area contributed by atoms with Gasteiger partial charge in [-0.1, -0.05) is 0 Å². The van der Waals surface area contributed by atoms with Crippen molar-refractivity contribution in [1.29, 1.82) is 0 Å². The van der Waals surface area contributed by atoms with Crippen molar-refractivity contribution in [3.63, 3.8) is 0 Å². The maximum atomic E-state index is 11.1. The summed E-state index contributed by atoms with van der Waals surface area (Å²) in [6.07, 6.45) is 6.56. The van der Waals surface area contributed by atoms with Gasteiger partial charge in [-0.2, -0.15) is 5.10 Å². The van der Waals surface area contributed by atoms with Crippen molar-refractivity contribution in [2.75, 3.05) is 26.2 Å². The Bertz CT molecular complexity index is 508. The van der Waals surface area contributed by atoms with Crippen LogP contribution in [0.4, 0.5) is 4.79 Å². The molecule has 1 amide bonds. The fraction of sp³-hybridized carbons (Fsp3) is 0.750. The predicted octanol–water partition coefficient (Wildman–Crippen LogP) is 2.13. The molecule has 2 aliphatic rings. The largest absolute Gasteiger partial charge is 0.465 e. The smallest absolute Gasteiger partial charge is 0.407 e. The zero-order valence-corrected chi connectivity index (χ0v) is 13.3. The van der Waals surface area contributed by atoms with E-state index in [1.54, 1.807) is 4.90 Å². The van der Waals surface area contributed by atoms with Crippen LogP contribution >= 0.6 is 0 Å². The number of aryl methyl sites for hydroxylation is 1. The van der Waals surface area contributed by atoms with E-state index in [2.05, 4.69) is 16.1 Å². The average molecular weight is 306 g/mol. The zero-order chi connectivity index (χ0) is 15.5. The molecule has 0 spiro atoms. The molecule has 2 fully saturated rings. The molecule has 1 aromatic heterocycles. The van der Waals surface area contributed by atoms with Crippen LogP contribution in [0.15, 0.2) is 12.3 Å². The van der Waals surface area contributed by atoms with E-state index in [4.69, 9.17) is 5.11 Å². The Morgan fingerprint density at radius 1 is 1.18 bits per heavy atom. The number of carboxylic acid groups (broad SMARTS) is 1. The van der Waals surface area contributed by atoms with E-state index >= 15 is 0 Å². The summed E-state index contributed by atoms with van der Waals surface area (Å²) in [4.78, 5) is 15.3. The summed E-state index contributed by atoms with van der Waals surface area (Å²) in [6.45, 7) is 3.61. The summed E-state index contributed by atoms with van der Waals surface area (Å²) in [5.41, 5.74) is 1.34. The van der Waals surface area contributed by atoms with Gasteiger partial charge in [0.2, 0.25) is 0 Å². The van der Waals surface area contributed by atoms with Gasteiger partial charge in [0.1, 0.15) is 0 Å². The summed E-state index contributed by atoms with van der Waals surface area (Å²) >= 11 is 0. The topological polar surface area (TPSA) is 61.6 Å². The number of hydrogen-bond acceptors (Lipinski definition) is 3. The minimum Gasteiger partial charge on any atom is -0.465 e. The van der Waals surface area contributed by atoms with Crippen LogP contribution in [0.25, 0.3) is 0 Å². The fourth-order valence-corrected chi connectivity index (χ4v) is 3.98. The zero-order valence-electron chi connectivity index (χ0n) is 13.3. The second kappa shape index (κ2) is 6.69. The molecule has 1 unspecified atom stereocenters. The first-order chi connectivity index (χ1) is 10.6. The Hall–Kier alpha value is -1.56. The lowest BCUT2D eigenvalue weighted by molar-refractivity contribution is 0.130. The first kappa shape index (κ1) is 15.3. The van der Waals surface area contributed by atoms with Gasteiger partial charge in [0.05, 0.1) is 0 Å². The lowest BCUT2D eigenvalue weighted by Gasteiger charge is -2.37. The second-order valence-electron chi connectivity index (χ2n) is 6.54. The third kappa shape index (κ3) is 3.27. The summed E-state index contributed by atoms with van der Waals surface area (Å²) in [5, 5.41) is 13.4. The fourth-order valence-electron chi connectivity index (χ4n) is 3.98. The van der Waals surface area contributed by atoms with E-state index in [0.717, 1.165) is 32.4 Å². The van der Waals surface area contributed by atoms with Crippen LogP contribution < -0.4 is 0 Å². The summed E-state index contributed by atoms with van der Waals surface area (Å²) < 4.78 is 2.00. The number of amides is 1. The molecule has 6 heteroatoms. The minimum atomic E-state index is -0.768. The van der Waals surface area contributed by atoms with Gasteiger partial charge in [0, 0.05) is 44.0 Å².